The van der Waals surface area contributed by atoms with Crippen molar-refractivity contribution in [3.63, 3.8) is 0 Å². The van der Waals surface area contributed by atoms with Gasteiger partial charge in [0.25, 0.3) is 5.91 Å². The first-order chi connectivity index (χ1) is 13.0. The van der Waals surface area contributed by atoms with Crippen molar-refractivity contribution in [2.24, 2.45) is 5.92 Å². The van der Waals surface area contributed by atoms with E-state index in [1.807, 2.05) is 30.3 Å². The second-order valence-corrected chi connectivity index (χ2v) is 6.94. The third-order valence-electron chi connectivity index (χ3n) is 4.26. The summed E-state index contributed by atoms with van der Waals surface area (Å²) in [6, 6.07) is 12.8. The van der Waals surface area contributed by atoms with Gasteiger partial charge in [-0.3, -0.25) is 9.59 Å². The van der Waals surface area contributed by atoms with Gasteiger partial charge in [-0.1, -0.05) is 26.0 Å². The molecule has 0 aromatic heterocycles. The lowest BCUT2D eigenvalue weighted by Gasteiger charge is -2.31. The monoisotopic (exact) mass is 368 g/mol. The molecule has 2 amide bonds. The summed E-state index contributed by atoms with van der Waals surface area (Å²) in [5.41, 5.74) is 2.29. The number of ether oxygens (including phenoxy) is 2. The van der Waals surface area contributed by atoms with Crippen molar-refractivity contribution in [1.82, 2.24) is 0 Å². The average Bonchev–Trinajstić information content (AvgIpc) is 2.64. The van der Waals surface area contributed by atoms with Gasteiger partial charge >= 0.3 is 0 Å². The molecule has 142 valence electrons. The van der Waals surface area contributed by atoms with E-state index >= 15 is 0 Å². The van der Waals surface area contributed by atoms with E-state index < -0.39 is 0 Å². The molecule has 0 aliphatic carbocycles. The summed E-state index contributed by atoms with van der Waals surface area (Å²) in [6.07, 6.45) is 0.264. The standard InChI is InChI=1S/C21H24N2O4/c1-14(2)12-23-18-9-6-16(11-19(18)27-13-21(23)25)22-20(24)10-15-4-7-17(26-3)8-5-15/h4-9,11,14H,10,12-13H2,1-3H3,(H,22,24). The minimum absolute atomic E-state index is 0.0168. The molecule has 0 saturated carbocycles. The van der Waals surface area contributed by atoms with Crippen LogP contribution in [0.5, 0.6) is 11.5 Å². The molecule has 1 aliphatic heterocycles. The molecular formula is C21H24N2O4. The van der Waals surface area contributed by atoms with Gasteiger partial charge in [-0.25, -0.2) is 0 Å². The Hall–Kier alpha value is -3.02. The van der Waals surface area contributed by atoms with E-state index in [9.17, 15) is 9.59 Å². The number of hydrogen-bond acceptors (Lipinski definition) is 4. The fraction of sp³-hybridized carbons (Fsp3) is 0.333. The molecule has 0 spiro atoms. The quantitative estimate of drug-likeness (QED) is 0.850. The minimum Gasteiger partial charge on any atom is -0.497 e. The summed E-state index contributed by atoms with van der Waals surface area (Å²) in [7, 11) is 1.61. The highest BCUT2D eigenvalue weighted by Crippen LogP contribution is 2.35. The number of amides is 2. The third kappa shape index (κ3) is 4.58. The molecule has 0 saturated heterocycles. The maximum atomic E-state index is 12.3. The number of hydrogen-bond donors (Lipinski definition) is 1. The van der Waals surface area contributed by atoms with Gasteiger partial charge in [0.1, 0.15) is 11.5 Å². The Bertz CT molecular complexity index is 831. The molecule has 1 aliphatic rings. The van der Waals surface area contributed by atoms with Crippen LogP contribution in [0.25, 0.3) is 0 Å². The van der Waals surface area contributed by atoms with E-state index in [0.717, 1.165) is 17.0 Å². The van der Waals surface area contributed by atoms with Gasteiger partial charge in [0.15, 0.2) is 6.61 Å². The predicted octanol–water partition coefficient (Wildman–Crippen LogP) is 3.26. The molecule has 0 atom stereocenters. The topological polar surface area (TPSA) is 67.9 Å². The van der Waals surface area contributed by atoms with Crippen LogP contribution in [0.3, 0.4) is 0 Å². The number of anilines is 2. The zero-order valence-corrected chi connectivity index (χ0v) is 15.8. The van der Waals surface area contributed by atoms with E-state index in [2.05, 4.69) is 19.2 Å². The highest BCUT2D eigenvalue weighted by atomic mass is 16.5. The Morgan fingerprint density at radius 2 is 1.96 bits per heavy atom. The first kappa shape index (κ1) is 18.8. The Kier molecular flexibility index (Phi) is 5.64. The number of rotatable bonds is 6. The van der Waals surface area contributed by atoms with E-state index in [-0.39, 0.29) is 24.8 Å². The second kappa shape index (κ2) is 8.12. The molecule has 3 rings (SSSR count). The molecule has 6 heteroatoms. The molecule has 1 N–H and O–H groups in total. The van der Waals surface area contributed by atoms with Crippen molar-refractivity contribution in [2.75, 3.05) is 30.5 Å². The summed E-state index contributed by atoms with van der Waals surface area (Å²) in [5, 5.41) is 2.88. The van der Waals surface area contributed by atoms with Crippen molar-refractivity contribution < 1.29 is 19.1 Å². The first-order valence-corrected chi connectivity index (χ1v) is 8.96. The SMILES string of the molecule is COc1ccc(CC(=O)Nc2ccc3c(c2)OCC(=O)N3CC(C)C)cc1. The minimum atomic E-state index is -0.119. The van der Waals surface area contributed by atoms with Gasteiger partial charge in [0, 0.05) is 18.3 Å². The van der Waals surface area contributed by atoms with Crippen LogP contribution in [0.15, 0.2) is 42.5 Å². The normalized spacial score (nSPS) is 13.2. The maximum absolute atomic E-state index is 12.3. The Morgan fingerprint density at radius 3 is 2.63 bits per heavy atom. The highest BCUT2D eigenvalue weighted by Gasteiger charge is 2.26. The zero-order chi connectivity index (χ0) is 19.4. The van der Waals surface area contributed by atoms with Crippen LogP contribution < -0.4 is 19.7 Å². The van der Waals surface area contributed by atoms with Gasteiger partial charge in [-0.2, -0.15) is 0 Å². The van der Waals surface area contributed by atoms with E-state index in [1.165, 1.54) is 0 Å². The summed E-state index contributed by atoms with van der Waals surface area (Å²) >= 11 is 0. The van der Waals surface area contributed by atoms with Crippen molar-refractivity contribution in [2.45, 2.75) is 20.3 Å². The predicted molar refractivity (Wildman–Crippen MR) is 104 cm³/mol. The number of fused-ring (bicyclic) bond motifs is 1. The fourth-order valence-electron chi connectivity index (χ4n) is 2.98. The van der Waals surface area contributed by atoms with E-state index in [1.54, 1.807) is 24.1 Å². The van der Waals surface area contributed by atoms with E-state index in [4.69, 9.17) is 9.47 Å². The first-order valence-electron chi connectivity index (χ1n) is 8.96. The Morgan fingerprint density at radius 1 is 1.22 bits per heavy atom. The maximum Gasteiger partial charge on any atom is 0.265 e. The van der Waals surface area contributed by atoms with Crippen LogP contribution in [0.4, 0.5) is 11.4 Å². The number of nitrogens with zero attached hydrogens (tertiary/aromatic N) is 1. The number of carbonyl (C=O) groups is 2. The molecular weight excluding hydrogens is 344 g/mol. The number of methoxy groups -OCH3 is 1. The summed E-state index contributed by atoms with van der Waals surface area (Å²) < 4.78 is 10.7. The third-order valence-corrected chi connectivity index (χ3v) is 4.26. The second-order valence-electron chi connectivity index (χ2n) is 6.94. The van der Waals surface area contributed by atoms with Gasteiger partial charge in [-0.15, -0.1) is 0 Å². The molecule has 2 aromatic rings. The zero-order valence-electron chi connectivity index (χ0n) is 15.8. The van der Waals surface area contributed by atoms with Crippen LogP contribution in [0.1, 0.15) is 19.4 Å². The van der Waals surface area contributed by atoms with Crippen LogP contribution in [-0.2, 0) is 16.0 Å². The van der Waals surface area contributed by atoms with Crippen molar-refractivity contribution in [3.05, 3.63) is 48.0 Å². The lowest BCUT2D eigenvalue weighted by Crippen LogP contribution is -2.40. The number of benzene rings is 2. The van der Waals surface area contributed by atoms with Gasteiger partial charge in [0.2, 0.25) is 5.91 Å². The van der Waals surface area contributed by atoms with E-state index in [0.29, 0.717) is 23.9 Å². The van der Waals surface area contributed by atoms with Crippen molar-refractivity contribution in [1.29, 1.82) is 0 Å². The largest absolute Gasteiger partial charge is 0.497 e. The van der Waals surface area contributed by atoms with Crippen LogP contribution in [-0.4, -0.2) is 32.1 Å². The molecule has 0 unspecified atom stereocenters. The van der Waals surface area contributed by atoms with Crippen LogP contribution in [0.2, 0.25) is 0 Å². The summed E-state index contributed by atoms with van der Waals surface area (Å²) in [5.74, 6) is 1.55. The van der Waals surface area contributed by atoms with Gasteiger partial charge < -0.3 is 19.7 Å². The van der Waals surface area contributed by atoms with Gasteiger partial charge in [0.05, 0.1) is 19.2 Å². The molecule has 0 fully saturated rings. The average molecular weight is 368 g/mol. The highest BCUT2D eigenvalue weighted by molar-refractivity contribution is 5.99. The van der Waals surface area contributed by atoms with Crippen molar-refractivity contribution in [3.8, 4) is 11.5 Å². The van der Waals surface area contributed by atoms with Gasteiger partial charge in [-0.05, 0) is 35.7 Å². The summed E-state index contributed by atoms with van der Waals surface area (Å²) in [4.78, 5) is 26.2. The Labute approximate surface area is 159 Å². The molecule has 6 nitrogen and oxygen atoms in total. The summed E-state index contributed by atoms with van der Waals surface area (Å²) in [6.45, 7) is 4.79. The van der Waals surface area contributed by atoms with Crippen molar-refractivity contribution >= 4 is 23.2 Å². The smallest absolute Gasteiger partial charge is 0.265 e. The fourth-order valence-corrected chi connectivity index (χ4v) is 2.98. The molecule has 2 aromatic carbocycles. The number of carbonyl (C=O) groups excluding carboxylic acids is 2. The van der Waals surface area contributed by atoms with Crippen LogP contribution in [0, 0.1) is 5.92 Å². The molecule has 1 heterocycles. The molecule has 0 radical (unpaired) electrons. The Balaban J connectivity index is 1.69. The lowest BCUT2D eigenvalue weighted by molar-refractivity contribution is -0.121. The van der Waals surface area contributed by atoms with Crippen LogP contribution >= 0.6 is 0 Å². The lowest BCUT2D eigenvalue weighted by atomic mass is 10.1. The number of nitrogens with one attached hydrogen (secondary N) is 1. The molecule has 27 heavy (non-hydrogen) atoms. The molecule has 0 bridgehead atoms.